The fourth-order valence-electron chi connectivity index (χ4n) is 3.83. The zero-order valence-corrected chi connectivity index (χ0v) is 17.7. The second-order valence-corrected chi connectivity index (χ2v) is 8.22. The molecule has 0 bridgehead atoms. The molecule has 0 fully saturated rings. The van der Waals surface area contributed by atoms with E-state index in [4.69, 9.17) is 4.74 Å². The minimum absolute atomic E-state index is 0.0399. The van der Waals surface area contributed by atoms with Crippen LogP contribution in [0, 0.1) is 5.92 Å². The average molecular weight is 402 g/mol. The van der Waals surface area contributed by atoms with Crippen molar-refractivity contribution >= 4 is 17.4 Å². The Kier molecular flexibility index (Phi) is 6.57. The van der Waals surface area contributed by atoms with E-state index in [0.717, 1.165) is 24.8 Å². The number of fused-ring (bicyclic) bond motifs is 1. The summed E-state index contributed by atoms with van der Waals surface area (Å²) >= 11 is 0. The first-order valence-corrected chi connectivity index (χ1v) is 10.3. The lowest BCUT2D eigenvalue weighted by Crippen LogP contribution is -2.50. The summed E-state index contributed by atoms with van der Waals surface area (Å²) in [7, 11) is 1.74. The summed E-state index contributed by atoms with van der Waals surface area (Å²) in [5.41, 5.74) is 2.57. The fourth-order valence-corrected chi connectivity index (χ4v) is 3.83. The first kappa shape index (κ1) is 21.3. The Balaban J connectivity index is 2.01. The number of aliphatic hydroxyl groups excluding tert-OH is 1. The van der Waals surface area contributed by atoms with Gasteiger partial charge in [-0.15, -0.1) is 0 Å². The van der Waals surface area contributed by atoms with Gasteiger partial charge < -0.3 is 19.6 Å². The third-order valence-electron chi connectivity index (χ3n) is 5.92. The lowest BCUT2D eigenvalue weighted by Gasteiger charge is -2.37. The second-order valence-electron chi connectivity index (χ2n) is 8.22. The molecule has 7 nitrogen and oxygen atoms in total. The van der Waals surface area contributed by atoms with Crippen LogP contribution in [0.3, 0.4) is 0 Å². The van der Waals surface area contributed by atoms with Crippen LogP contribution in [0.25, 0.3) is 5.57 Å². The van der Waals surface area contributed by atoms with E-state index in [2.05, 4.69) is 11.1 Å². The molecule has 0 saturated carbocycles. The Morgan fingerprint density at radius 1 is 1.48 bits per heavy atom. The standard InChI is InChI=1S/C22H31N3O4/c1-14-11-25(15(2)13-26)22(28)19-9-18(17-7-5-6-8-17)10-23-21(19)29-20(14)12-24(4)16(3)27/h7,9-10,14-15,20,26H,5-6,8,11-13H2,1-4H3/t14-,15+,20+/m0/s1. The molecule has 1 aromatic rings. The van der Waals surface area contributed by atoms with Crippen LogP contribution in [0.4, 0.5) is 0 Å². The molecule has 29 heavy (non-hydrogen) atoms. The van der Waals surface area contributed by atoms with Crippen LogP contribution in [-0.4, -0.2) is 70.6 Å². The maximum absolute atomic E-state index is 13.4. The van der Waals surface area contributed by atoms with E-state index < -0.39 is 0 Å². The molecule has 0 aromatic carbocycles. The maximum atomic E-state index is 13.4. The molecule has 2 heterocycles. The molecule has 3 atom stereocenters. The van der Waals surface area contributed by atoms with Crippen molar-refractivity contribution in [1.29, 1.82) is 0 Å². The Labute approximate surface area is 172 Å². The van der Waals surface area contributed by atoms with E-state index in [1.807, 2.05) is 19.9 Å². The molecule has 0 unspecified atom stereocenters. The average Bonchev–Trinajstić information content (AvgIpc) is 3.24. The van der Waals surface area contributed by atoms with Gasteiger partial charge in [0.05, 0.1) is 19.2 Å². The SMILES string of the molecule is CC(=O)N(C)C[C@H]1Oc2ncc(C3=CCCC3)cc2C(=O)N([C@H](C)CO)C[C@@H]1C. The molecule has 1 aliphatic carbocycles. The van der Waals surface area contributed by atoms with Crippen LogP contribution in [0.15, 0.2) is 18.3 Å². The van der Waals surface area contributed by atoms with Gasteiger partial charge in [-0.2, -0.15) is 0 Å². The Hall–Kier alpha value is -2.41. The molecule has 0 spiro atoms. The van der Waals surface area contributed by atoms with Crippen LogP contribution >= 0.6 is 0 Å². The van der Waals surface area contributed by atoms with Gasteiger partial charge in [0.25, 0.3) is 5.91 Å². The van der Waals surface area contributed by atoms with Crippen molar-refractivity contribution in [2.75, 3.05) is 26.7 Å². The number of aliphatic hydroxyl groups is 1. The second kappa shape index (κ2) is 8.95. The van der Waals surface area contributed by atoms with Crippen LogP contribution in [0.2, 0.25) is 0 Å². The molecule has 2 aliphatic rings. The number of rotatable bonds is 5. The number of aromatic nitrogens is 1. The Bertz CT molecular complexity index is 807. The van der Waals surface area contributed by atoms with Crippen molar-refractivity contribution in [3.63, 3.8) is 0 Å². The van der Waals surface area contributed by atoms with Gasteiger partial charge in [0.15, 0.2) is 0 Å². The number of hydrogen-bond acceptors (Lipinski definition) is 5. The van der Waals surface area contributed by atoms with Crippen LogP contribution in [-0.2, 0) is 4.79 Å². The molecule has 3 rings (SSSR count). The third-order valence-corrected chi connectivity index (χ3v) is 5.92. The number of ether oxygens (including phenoxy) is 1. The van der Waals surface area contributed by atoms with Gasteiger partial charge in [0, 0.05) is 32.6 Å². The number of nitrogens with zero attached hydrogens (tertiary/aromatic N) is 3. The zero-order chi connectivity index (χ0) is 21.1. The van der Waals surface area contributed by atoms with E-state index >= 15 is 0 Å². The van der Waals surface area contributed by atoms with Gasteiger partial charge in [-0.05, 0) is 43.4 Å². The van der Waals surface area contributed by atoms with Crippen molar-refractivity contribution in [3.8, 4) is 5.88 Å². The number of carbonyl (C=O) groups is 2. The summed E-state index contributed by atoms with van der Waals surface area (Å²) in [6, 6.07) is 1.54. The van der Waals surface area contributed by atoms with Gasteiger partial charge in [-0.25, -0.2) is 4.98 Å². The molecule has 0 saturated heterocycles. The van der Waals surface area contributed by atoms with Gasteiger partial charge >= 0.3 is 0 Å². The highest BCUT2D eigenvalue weighted by Gasteiger charge is 2.34. The van der Waals surface area contributed by atoms with Gasteiger partial charge in [-0.1, -0.05) is 13.0 Å². The quantitative estimate of drug-likeness (QED) is 0.819. The van der Waals surface area contributed by atoms with Crippen molar-refractivity contribution < 1.29 is 19.4 Å². The molecule has 2 amide bonds. The first-order chi connectivity index (χ1) is 13.8. The topological polar surface area (TPSA) is 83.0 Å². The van der Waals surface area contributed by atoms with Crippen molar-refractivity contribution in [2.24, 2.45) is 5.92 Å². The van der Waals surface area contributed by atoms with Gasteiger partial charge in [0.2, 0.25) is 11.8 Å². The largest absolute Gasteiger partial charge is 0.472 e. The highest BCUT2D eigenvalue weighted by atomic mass is 16.5. The fraction of sp³-hybridized carbons (Fsp3) is 0.591. The predicted octanol–water partition coefficient (Wildman–Crippen LogP) is 2.35. The molecule has 7 heteroatoms. The van der Waals surface area contributed by atoms with Crippen molar-refractivity contribution in [1.82, 2.24) is 14.8 Å². The van der Waals surface area contributed by atoms with E-state index in [0.29, 0.717) is 24.5 Å². The summed E-state index contributed by atoms with van der Waals surface area (Å²) in [6.07, 6.45) is 6.78. The summed E-state index contributed by atoms with van der Waals surface area (Å²) in [4.78, 5) is 32.9. The van der Waals surface area contributed by atoms with E-state index in [-0.39, 0.29) is 36.5 Å². The molecular weight excluding hydrogens is 370 g/mol. The highest BCUT2D eigenvalue weighted by molar-refractivity contribution is 5.97. The minimum Gasteiger partial charge on any atom is -0.472 e. The lowest BCUT2D eigenvalue weighted by atomic mass is 9.99. The smallest absolute Gasteiger partial charge is 0.259 e. The third kappa shape index (κ3) is 4.61. The number of likely N-dealkylation sites (N-methyl/N-ethyl adjacent to an activating group) is 1. The normalized spacial score (nSPS) is 22.9. The monoisotopic (exact) mass is 401 g/mol. The minimum atomic E-state index is -0.323. The lowest BCUT2D eigenvalue weighted by molar-refractivity contribution is -0.129. The summed E-state index contributed by atoms with van der Waals surface area (Å²) in [5, 5.41) is 9.71. The number of carbonyl (C=O) groups excluding carboxylic acids is 2. The van der Waals surface area contributed by atoms with Crippen molar-refractivity contribution in [3.05, 3.63) is 29.5 Å². The summed E-state index contributed by atoms with van der Waals surface area (Å²) in [5.74, 6) is 0.0267. The zero-order valence-electron chi connectivity index (χ0n) is 17.7. The van der Waals surface area contributed by atoms with Gasteiger partial charge in [0.1, 0.15) is 11.7 Å². The molecule has 1 aliphatic heterocycles. The van der Waals surface area contributed by atoms with Gasteiger partial charge in [-0.3, -0.25) is 9.59 Å². The number of amides is 2. The highest BCUT2D eigenvalue weighted by Crippen LogP contribution is 2.32. The number of allylic oxidation sites excluding steroid dienone is 2. The van der Waals surface area contributed by atoms with E-state index in [9.17, 15) is 14.7 Å². The molecule has 0 radical (unpaired) electrons. The van der Waals surface area contributed by atoms with E-state index in [1.54, 1.807) is 23.0 Å². The summed E-state index contributed by atoms with van der Waals surface area (Å²) in [6.45, 7) is 6.06. The number of pyridine rings is 1. The maximum Gasteiger partial charge on any atom is 0.259 e. The van der Waals surface area contributed by atoms with Crippen molar-refractivity contribution in [2.45, 2.75) is 52.2 Å². The first-order valence-electron chi connectivity index (χ1n) is 10.3. The predicted molar refractivity (Wildman–Crippen MR) is 111 cm³/mol. The van der Waals surface area contributed by atoms with E-state index in [1.165, 1.54) is 12.5 Å². The molecule has 1 aromatic heterocycles. The molecule has 158 valence electrons. The van der Waals surface area contributed by atoms with Crippen LogP contribution in [0.1, 0.15) is 56.0 Å². The Morgan fingerprint density at radius 3 is 2.86 bits per heavy atom. The molecular formula is C22H31N3O4. The van der Waals surface area contributed by atoms with Crippen LogP contribution < -0.4 is 4.74 Å². The summed E-state index contributed by atoms with van der Waals surface area (Å²) < 4.78 is 6.19. The number of hydrogen-bond donors (Lipinski definition) is 1. The Morgan fingerprint density at radius 2 is 2.24 bits per heavy atom. The van der Waals surface area contributed by atoms with Crippen LogP contribution in [0.5, 0.6) is 5.88 Å². The molecule has 1 N–H and O–H groups in total.